The highest BCUT2D eigenvalue weighted by Gasteiger charge is 2.06. The van der Waals surface area contributed by atoms with Gasteiger partial charge in [-0.15, -0.1) is 0 Å². The molecule has 1 N–H and O–H groups in total. The second-order valence-electron chi connectivity index (χ2n) is 5.10. The van der Waals surface area contributed by atoms with Gasteiger partial charge in [-0.3, -0.25) is 0 Å². The van der Waals surface area contributed by atoms with Gasteiger partial charge in [-0.2, -0.15) is 0 Å². The predicted octanol–water partition coefficient (Wildman–Crippen LogP) is 4.27. The van der Waals surface area contributed by atoms with Crippen molar-refractivity contribution >= 4 is 0 Å². The highest BCUT2D eigenvalue weighted by molar-refractivity contribution is 5.33. The summed E-state index contributed by atoms with van der Waals surface area (Å²) in [5.74, 6) is 2.46. The van der Waals surface area contributed by atoms with Crippen molar-refractivity contribution in [2.75, 3.05) is 13.6 Å². The molecule has 2 nitrogen and oxygen atoms in total. The minimum atomic E-state index is 0.695. The number of hydrogen-bond donors (Lipinski definition) is 1. The van der Waals surface area contributed by atoms with E-state index in [2.05, 4.69) is 36.5 Å². The average Bonchev–Trinajstić information content (AvgIpc) is 2.50. The van der Waals surface area contributed by atoms with Gasteiger partial charge in [0.15, 0.2) is 0 Å². The molecule has 0 amide bonds. The van der Waals surface area contributed by atoms with Crippen molar-refractivity contribution < 1.29 is 4.74 Å². The molecule has 0 heterocycles. The van der Waals surface area contributed by atoms with Crippen molar-refractivity contribution in [1.82, 2.24) is 5.32 Å². The molecule has 1 unspecified atom stereocenters. The first-order valence-corrected chi connectivity index (χ1v) is 7.28. The molecule has 2 heteroatoms. The molecule has 1 atom stereocenters. The van der Waals surface area contributed by atoms with Crippen LogP contribution in [0.4, 0.5) is 0 Å². The summed E-state index contributed by atoms with van der Waals surface area (Å²) in [6.45, 7) is 3.31. The molecule has 0 fully saturated rings. The van der Waals surface area contributed by atoms with Crippen molar-refractivity contribution in [2.24, 2.45) is 5.92 Å². The maximum atomic E-state index is 5.80. The van der Waals surface area contributed by atoms with Crippen LogP contribution in [-0.4, -0.2) is 13.6 Å². The van der Waals surface area contributed by atoms with Crippen molar-refractivity contribution in [3.8, 4) is 11.5 Å². The van der Waals surface area contributed by atoms with Crippen LogP contribution in [0.1, 0.15) is 18.9 Å². The largest absolute Gasteiger partial charge is 0.457 e. The fourth-order valence-corrected chi connectivity index (χ4v) is 2.30. The SMILES string of the molecule is CCC(CNC)Cc1ccc(Oc2ccccc2)cc1. The third-order valence-corrected chi connectivity index (χ3v) is 3.50. The second kappa shape index (κ2) is 7.71. The average molecular weight is 269 g/mol. The second-order valence-corrected chi connectivity index (χ2v) is 5.10. The lowest BCUT2D eigenvalue weighted by molar-refractivity contribution is 0.475. The molecule has 106 valence electrons. The number of hydrogen-bond acceptors (Lipinski definition) is 2. The Hall–Kier alpha value is -1.80. The van der Waals surface area contributed by atoms with E-state index in [0.717, 1.165) is 24.5 Å². The zero-order valence-electron chi connectivity index (χ0n) is 12.3. The summed E-state index contributed by atoms with van der Waals surface area (Å²) < 4.78 is 5.80. The Labute approximate surface area is 121 Å². The van der Waals surface area contributed by atoms with Crippen molar-refractivity contribution in [3.05, 3.63) is 60.2 Å². The smallest absolute Gasteiger partial charge is 0.127 e. The summed E-state index contributed by atoms with van der Waals surface area (Å²) in [4.78, 5) is 0. The first-order valence-electron chi connectivity index (χ1n) is 7.28. The molecular weight excluding hydrogens is 246 g/mol. The van der Waals surface area contributed by atoms with Crippen LogP contribution >= 0.6 is 0 Å². The first kappa shape index (κ1) is 14.6. The molecule has 2 rings (SSSR count). The molecule has 0 radical (unpaired) electrons. The quantitative estimate of drug-likeness (QED) is 0.810. The van der Waals surface area contributed by atoms with E-state index in [9.17, 15) is 0 Å². The summed E-state index contributed by atoms with van der Waals surface area (Å²) in [6.07, 6.45) is 2.31. The Morgan fingerprint density at radius 1 is 0.950 bits per heavy atom. The van der Waals surface area contributed by atoms with E-state index < -0.39 is 0 Å². The molecule has 0 bridgehead atoms. The Morgan fingerprint density at radius 3 is 2.20 bits per heavy atom. The van der Waals surface area contributed by atoms with Crippen molar-refractivity contribution in [2.45, 2.75) is 19.8 Å². The van der Waals surface area contributed by atoms with Gasteiger partial charge in [0.1, 0.15) is 11.5 Å². The molecule has 0 aliphatic heterocycles. The van der Waals surface area contributed by atoms with E-state index in [0.29, 0.717) is 5.92 Å². The van der Waals surface area contributed by atoms with Crippen molar-refractivity contribution in [3.63, 3.8) is 0 Å². The fraction of sp³-hybridized carbons (Fsp3) is 0.333. The molecule has 2 aromatic carbocycles. The molecule has 0 aliphatic carbocycles. The van der Waals surface area contributed by atoms with E-state index in [4.69, 9.17) is 4.74 Å². The first-order chi connectivity index (χ1) is 9.81. The Balaban J connectivity index is 1.96. The zero-order valence-corrected chi connectivity index (χ0v) is 12.3. The van der Waals surface area contributed by atoms with Gasteiger partial charge < -0.3 is 10.1 Å². The van der Waals surface area contributed by atoms with Crippen LogP contribution in [0.3, 0.4) is 0 Å². The van der Waals surface area contributed by atoms with Crippen LogP contribution in [0.25, 0.3) is 0 Å². The summed E-state index contributed by atoms with van der Waals surface area (Å²) in [7, 11) is 2.01. The van der Waals surface area contributed by atoms with Gasteiger partial charge in [0.25, 0.3) is 0 Å². The highest BCUT2D eigenvalue weighted by Crippen LogP contribution is 2.22. The molecular formula is C18H23NO. The standard InChI is InChI=1S/C18H23NO/c1-3-15(14-19-2)13-16-9-11-18(12-10-16)20-17-7-5-4-6-8-17/h4-12,15,19H,3,13-14H2,1-2H3. The molecule has 20 heavy (non-hydrogen) atoms. The topological polar surface area (TPSA) is 21.3 Å². The van der Waals surface area contributed by atoms with Crippen LogP contribution in [0.2, 0.25) is 0 Å². The van der Waals surface area contributed by atoms with E-state index in [1.54, 1.807) is 0 Å². The van der Waals surface area contributed by atoms with E-state index in [1.807, 2.05) is 37.4 Å². The molecule has 0 spiro atoms. The third-order valence-electron chi connectivity index (χ3n) is 3.50. The molecule has 0 saturated carbocycles. The Bertz CT molecular complexity index is 493. The fourth-order valence-electron chi connectivity index (χ4n) is 2.30. The lowest BCUT2D eigenvalue weighted by Crippen LogP contribution is -2.20. The third kappa shape index (κ3) is 4.39. The van der Waals surface area contributed by atoms with Gasteiger partial charge in [0.2, 0.25) is 0 Å². The van der Waals surface area contributed by atoms with E-state index in [-0.39, 0.29) is 0 Å². The number of nitrogens with one attached hydrogen (secondary N) is 1. The summed E-state index contributed by atoms with van der Waals surface area (Å²) in [6, 6.07) is 18.3. The predicted molar refractivity (Wildman–Crippen MR) is 84.4 cm³/mol. The lowest BCUT2D eigenvalue weighted by atomic mass is 9.97. The van der Waals surface area contributed by atoms with E-state index >= 15 is 0 Å². The van der Waals surface area contributed by atoms with Crippen LogP contribution in [0, 0.1) is 5.92 Å². The lowest BCUT2D eigenvalue weighted by Gasteiger charge is -2.14. The molecule has 0 saturated heterocycles. The van der Waals surface area contributed by atoms with Crippen LogP contribution in [0.15, 0.2) is 54.6 Å². The maximum absolute atomic E-state index is 5.80. The minimum Gasteiger partial charge on any atom is -0.457 e. The van der Waals surface area contributed by atoms with Crippen LogP contribution in [0.5, 0.6) is 11.5 Å². The summed E-state index contributed by atoms with van der Waals surface area (Å²) in [5.41, 5.74) is 1.37. The number of benzene rings is 2. The normalized spacial score (nSPS) is 12.1. The zero-order chi connectivity index (χ0) is 14.2. The number of ether oxygens (including phenoxy) is 1. The number of rotatable bonds is 7. The summed E-state index contributed by atoms with van der Waals surface area (Å²) >= 11 is 0. The monoisotopic (exact) mass is 269 g/mol. The van der Waals surface area contributed by atoms with Gasteiger partial charge in [0.05, 0.1) is 0 Å². The van der Waals surface area contributed by atoms with Gasteiger partial charge in [-0.25, -0.2) is 0 Å². The van der Waals surface area contributed by atoms with Gasteiger partial charge in [-0.1, -0.05) is 43.7 Å². The summed E-state index contributed by atoms with van der Waals surface area (Å²) in [5, 5.41) is 3.26. The van der Waals surface area contributed by atoms with Crippen LogP contribution < -0.4 is 10.1 Å². The van der Waals surface area contributed by atoms with E-state index in [1.165, 1.54) is 12.0 Å². The molecule has 0 aliphatic rings. The van der Waals surface area contributed by atoms with Crippen molar-refractivity contribution in [1.29, 1.82) is 0 Å². The molecule has 0 aromatic heterocycles. The van der Waals surface area contributed by atoms with Crippen LogP contribution in [-0.2, 0) is 6.42 Å². The maximum Gasteiger partial charge on any atom is 0.127 e. The highest BCUT2D eigenvalue weighted by atomic mass is 16.5. The Kier molecular flexibility index (Phi) is 5.63. The Morgan fingerprint density at radius 2 is 1.60 bits per heavy atom. The van der Waals surface area contributed by atoms with Gasteiger partial charge in [-0.05, 0) is 55.8 Å². The van der Waals surface area contributed by atoms with Gasteiger partial charge >= 0.3 is 0 Å². The minimum absolute atomic E-state index is 0.695. The molecule has 2 aromatic rings. The van der Waals surface area contributed by atoms with Gasteiger partial charge in [0, 0.05) is 0 Å². The number of para-hydroxylation sites is 1.